The summed E-state index contributed by atoms with van der Waals surface area (Å²) in [6.07, 6.45) is -0.218. The van der Waals surface area contributed by atoms with E-state index in [1.807, 2.05) is 20.8 Å². The summed E-state index contributed by atoms with van der Waals surface area (Å²) < 4.78 is 7.86. The monoisotopic (exact) mass is 173 g/mol. The van der Waals surface area contributed by atoms with Crippen molar-refractivity contribution in [3.63, 3.8) is 0 Å². The Hall–Kier alpha value is -0.0400. The van der Waals surface area contributed by atoms with Gasteiger partial charge < -0.3 is 5.11 Å². The highest BCUT2D eigenvalue weighted by Crippen LogP contribution is 2.28. The molecule has 0 saturated heterocycles. The molecule has 0 rings (SSSR count). The molecule has 1 N–H and O–H groups in total. The molecular weight excluding hydrogens is 148 g/mol. The van der Waals surface area contributed by atoms with Gasteiger partial charge in [0.2, 0.25) is 0 Å². The van der Waals surface area contributed by atoms with Gasteiger partial charge in [0, 0.05) is 1.37 Å². The second-order valence-corrected chi connectivity index (χ2v) is 5.86. The van der Waals surface area contributed by atoms with Crippen molar-refractivity contribution in [1.29, 1.82) is 0 Å². The Labute approximate surface area is 78.6 Å². The zero-order valence-corrected chi connectivity index (χ0v) is 9.31. The zero-order chi connectivity index (χ0) is 10.9. The van der Waals surface area contributed by atoms with Crippen molar-refractivity contribution in [2.75, 3.05) is 0 Å². The maximum atomic E-state index is 9.80. The molecule has 0 aromatic carbocycles. The van der Waals surface area contributed by atoms with Crippen LogP contribution in [0.4, 0.5) is 0 Å². The van der Waals surface area contributed by atoms with Crippen molar-refractivity contribution >= 4 is 0 Å². The predicted octanol–water partition coefficient (Wildman–Crippen LogP) is 3.22. The Balaban J connectivity index is 4.20. The Bertz CT molecular complexity index is 152. The number of hydrogen-bond acceptors (Lipinski definition) is 1. The van der Waals surface area contributed by atoms with Gasteiger partial charge in [-0.25, -0.2) is 0 Å². The van der Waals surface area contributed by atoms with E-state index in [0.29, 0.717) is 6.42 Å². The largest absolute Gasteiger partial charge is 0.393 e. The number of aliphatic hydroxyl groups is 1. The summed E-state index contributed by atoms with van der Waals surface area (Å²) in [6.45, 7) is 12.3. The van der Waals surface area contributed by atoms with Crippen LogP contribution in [0.25, 0.3) is 0 Å². The molecule has 74 valence electrons. The van der Waals surface area contributed by atoms with Crippen LogP contribution < -0.4 is 0 Å². The van der Waals surface area contributed by atoms with Crippen LogP contribution >= 0.6 is 0 Å². The number of rotatable bonds is 2. The second kappa shape index (κ2) is 3.78. The molecule has 1 nitrogen and oxygen atoms in total. The molecule has 0 radical (unpaired) electrons. The molecule has 0 heterocycles. The van der Waals surface area contributed by atoms with Gasteiger partial charge in [-0.2, -0.15) is 0 Å². The van der Waals surface area contributed by atoms with E-state index in [9.17, 15) is 5.11 Å². The zero-order valence-electron chi connectivity index (χ0n) is 10.3. The Morgan fingerprint density at radius 3 is 1.75 bits per heavy atom. The number of hydrogen-bond donors (Lipinski definition) is 1. The van der Waals surface area contributed by atoms with Crippen molar-refractivity contribution in [3.8, 4) is 0 Å². The van der Waals surface area contributed by atoms with Crippen LogP contribution in [0, 0.1) is 10.8 Å². The molecule has 0 aliphatic heterocycles. The average Bonchev–Trinajstić information content (AvgIpc) is 1.79. The lowest BCUT2D eigenvalue weighted by atomic mass is 9.82. The molecule has 2 unspecified atom stereocenters. The lowest BCUT2D eigenvalue weighted by Crippen LogP contribution is -2.22. The lowest BCUT2D eigenvalue weighted by molar-refractivity contribution is 0.0807. The minimum Gasteiger partial charge on any atom is -0.393 e. The molecule has 0 saturated carbocycles. The molecule has 0 spiro atoms. The topological polar surface area (TPSA) is 20.2 Å². The van der Waals surface area contributed by atoms with Crippen LogP contribution in [-0.4, -0.2) is 11.2 Å². The van der Waals surface area contributed by atoms with Gasteiger partial charge in [0.15, 0.2) is 0 Å². The Morgan fingerprint density at radius 1 is 1.08 bits per heavy atom. The first-order valence-electron chi connectivity index (χ1n) is 5.22. The third-order valence-corrected chi connectivity index (χ3v) is 1.51. The fourth-order valence-corrected chi connectivity index (χ4v) is 1.26. The van der Waals surface area contributed by atoms with E-state index in [4.69, 9.17) is 1.37 Å². The molecule has 0 amide bonds. The van der Waals surface area contributed by atoms with Crippen LogP contribution in [-0.2, 0) is 0 Å². The third kappa shape index (κ3) is 8.06. The van der Waals surface area contributed by atoms with Crippen LogP contribution in [0.3, 0.4) is 0 Å². The highest BCUT2D eigenvalue weighted by molar-refractivity contribution is 4.73. The molecule has 1 heteroatoms. The maximum Gasteiger partial charge on any atom is 0.0550 e. The lowest BCUT2D eigenvalue weighted by Gasteiger charge is -2.27. The summed E-state index contributed by atoms with van der Waals surface area (Å²) in [6, 6.07) is 0. The van der Waals surface area contributed by atoms with Crippen LogP contribution in [0.1, 0.15) is 55.7 Å². The Morgan fingerprint density at radius 2 is 1.50 bits per heavy atom. The van der Waals surface area contributed by atoms with Crippen LogP contribution in [0.2, 0.25) is 0 Å². The summed E-state index contributed by atoms with van der Waals surface area (Å²) in [4.78, 5) is 0. The van der Waals surface area contributed by atoms with E-state index in [1.165, 1.54) is 0 Å². The summed E-state index contributed by atoms with van der Waals surface area (Å²) >= 11 is 0. The molecule has 12 heavy (non-hydrogen) atoms. The van der Waals surface area contributed by atoms with Crippen molar-refractivity contribution in [3.05, 3.63) is 0 Å². The van der Waals surface area contributed by atoms with Gasteiger partial charge in [0.1, 0.15) is 0 Å². The molecule has 0 aliphatic carbocycles. The van der Waals surface area contributed by atoms with Crippen molar-refractivity contribution < 1.29 is 6.48 Å². The fourth-order valence-electron chi connectivity index (χ4n) is 1.26. The SMILES string of the molecule is [2H]C(C(O)CC(C)(C)C)C(C)(C)C. The fraction of sp³-hybridized carbons (Fsp3) is 1.00. The van der Waals surface area contributed by atoms with E-state index in [0.717, 1.165) is 0 Å². The number of aliphatic hydroxyl groups excluding tert-OH is 1. The van der Waals surface area contributed by atoms with Crippen LogP contribution in [0.15, 0.2) is 0 Å². The highest BCUT2D eigenvalue weighted by Gasteiger charge is 2.21. The molecule has 2 atom stereocenters. The molecule has 0 aromatic rings. The third-order valence-electron chi connectivity index (χ3n) is 1.51. The summed E-state index contributed by atoms with van der Waals surface area (Å²) in [5, 5.41) is 9.80. The standard InChI is InChI=1S/C11H24O/c1-10(2,3)7-9(12)8-11(4,5)6/h9,12H,7-8H2,1-6H3/i7D. The quantitative estimate of drug-likeness (QED) is 0.680. The van der Waals surface area contributed by atoms with Gasteiger partial charge >= 0.3 is 0 Å². The minimum atomic E-state index is -0.514. The molecule has 0 fully saturated rings. The van der Waals surface area contributed by atoms with Crippen LogP contribution in [0.5, 0.6) is 0 Å². The summed E-state index contributed by atoms with van der Waals surface area (Å²) in [5.74, 6) is 0. The first kappa shape index (κ1) is 10.0. The van der Waals surface area contributed by atoms with Gasteiger partial charge in [0.05, 0.1) is 6.10 Å². The molecular formula is C11H24O. The highest BCUT2D eigenvalue weighted by atomic mass is 16.3. The van der Waals surface area contributed by atoms with E-state index >= 15 is 0 Å². The molecule has 0 bridgehead atoms. The van der Waals surface area contributed by atoms with Crippen molar-refractivity contribution in [2.45, 2.75) is 60.5 Å². The van der Waals surface area contributed by atoms with E-state index in [-0.39, 0.29) is 10.8 Å². The van der Waals surface area contributed by atoms with Crippen molar-refractivity contribution in [1.82, 2.24) is 0 Å². The predicted molar refractivity (Wildman–Crippen MR) is 54.2 cm³/mol. The van der Waals surface area contributed by atoms with E-state index in [1.54, 1.807) is 0 Å². The van der Waals surface area contributed by atoms with E-state index < -0.39 is 12.5 Å². The van der Waals surface area contributed by atoms with E-state index in [2.05, 4.69) is 20.8 Å². The summed E-state index contributed by atoms with van der Waals surface area (Å²) in [5.41, 5.74) is -0.0331. The first-order valence-corrected chi connectivity index (χ1v) is 4.64. The first-order chi connectivity index (χ1) is 5.54. The molecule has 0 aliphatic rings. The minimum absolute atomic E-state index is 0.101. The average molecular weight is 173 g/mol. The molecule has 0 aromatic heterocycles. The van der Waals surface area contributed by atoms with Crippen molar-refractivity contribution in [2.24, 2.45) is 10.8 Å². The van der Waals surface area contributed by atoms with Gasteiger partial charge in [-0.1, -0.05) is 41.5 Å². The Kier molecular flexibility index (Phi) is 3.16. The van der Waals surface area contributed by atoms with Gasteiger partial charge in [-0.15, -0.1) is 0 Å². The maximum absolute atomic E-state index is 9.80. The second-order valence-electron chi connectivity index (χ2n) is 5.86. The van der Waals surface area contributed by atoms with Gasteiger partial charge in [-0.05, 0) is 23.6 Å². The van der Waals surface area contributed by atoms with Gasteiger partial charge in [0.25, 0.3) is 0 Å². The summed E-state index contributed by atoms with van der Waals surface area (Å²) in [7, 11) is 0. The normalized spacial score (nSPS) is 20.1. The van der Waals surface area contributed by atoms with Gasteiger partial charge in [-0.3, -0.25) is 0 Å². The smallest absolute Gasteiger partial charge is 0.0550 e.